The van der Waals surface area contributed by atoms with E-state index in [1.54, 1.807) is 0 Å². The highest BCUT2D eigenvalue weighted by Crippen LogP contribution is 2.41. The van der Waals surface area contributed by atoms with Crippen LogP contribution >= 0.6 is 0 Å². The molecule has 0 aromatic heterocycles. The molecule has 0 heterocycles. The minimum Gasteiger partial charge on any atom is -0.311 e. The molecule has 0 spiro atoms. The number of allylic oxidation sites excluding steroid dienone is 4. The Hall–Kier alpha value is -7.68. The Kier molecular flexibility index (Phi) is 10.2. The first-order valence-corrected chi connectivity index (χ1v) is 20.8. The predicted molar refractivity (Wildman–Crippen MR) is 256 cm³/mol. The fourth-order valence-corrected chi connectivity index (χ4v) is 8.40. The van der Waals surface area contributed by atoms with Crippen molar-refractivity contribution < 1.29 is 0 Å². The lowest BCUT2D eigenvalue weighted by Gasteiger charge is -2.27. The minimum atomic E-state index is 1.09. The van der Waals surface area contributed by atoms with E-state index in [4.69, 9.17) is 0 Å². The molecular formula is C58H44N2. The van der Waals surface area contributed by atoms with Crippen molar-refractivity contribution in [3.8, 4) is 33.4 Å². The Bertz CT molecular complexity index is 2920. The number of benzene rings is 9. The molecule has 0 bridgehead atoms. The fourth-order valence-electron chi connectivity index (χ4n) is 8.40. The van der Waals surface area contributed by atoms with Gasteiger partial charge in [-0.1, -0.05) is 170 Å². The SMILES string of the molecule is C1=CC(c2ccc(N(c3ccc(-c4ccccc4)cc3)c3ccc(-c4cccc(-c5ccc(N(c6ccccc6)c6cccc7ccccc67)cc5)c4)cc3)cc2)=CCC1. The smallest absolute Gasteiger partial charge is 0.0540 e. The van der Waals surface area contributed by atoms with Gasteiger partial charge >= 0.3 is 0 Å². The predicted octanol–water partition coefficient (Wildman–Crippen LogP) is 16.5. The Morgan fingerprint density at radius 3 is 1.32 bits per heavy atom. The highest BCUT2D eigenvalue weighted by molar-refractivity contribution is 5.99. The van der Waals surface area contributed by atoms with Crippen LogP contribution in [0.15, 0.2) is 243 Å². The van der Waals surface area contributed by atoms with Gasteiger partial charge in [0.15, 0.2) is 0 Å². The van der Waals surface area contributed by atoms with E-state index in [9.17, 15) is 0 Å². The zero-order valence-corrected chi connectivity index (χ0v) is 33.4. The Labute approximate surface area is 353 Å². The van der Waals surface area contributed by atoms with E-state index in [0.717, 1.165) is 47.0 Å². The molecule has 1 aliphatic carbocycles. The third-order valence-corrected chi connectivity index (χ3v) is 11.5. The largest absolute Gasteiger partial charge is 0.311 e. The number of rotatable bonds is 10. The number of hydrogen-bond donors (Lipinski definition) is 0. The molecule has 0 saturated carbocycles. The van der Waals surface area contributed by atoms with Crippen molar-refractivity contribution in [3.05, 3.63) is 248 Å². The first kappa shape index (κ1) is 36.6. The van der Waals surface area contributed by atoms with Gasteiger partial charge in [0.25, 0.3) is 0 Å². The number of para-hydroxylation sites is 1. The molecule has 10 rings (SSSR count). The summed E-state index contributed by atoms with van der Waals surface area (Å²) >= 11 is 0. The van der Waals surface area contributed by atoms with Crippen molar-refractivity contribution in [1.82, 2.24) is 0 Å². The zero-order chi connectivity index (χ0) is 40.1. The van der Waals surface area contributed by atoms with Crippen LogP contribution in [0.25, 0.3) is 49.7 Å². The number of hydrogen-bond acceptors (Lipinski definition) is 2. The van der Waals surface area contributed by atoms with Gasteiger partial charge in [-0.05, 0) is 136 Å². The normalized spacial score (nSPS) is 12.2. The van der Waals surface area contributed by atoms with E-state index in [1.807, 2.05) is 0 Å². The highest BCUT2D eigenvalue weighted by Gasteiger charge is 2.17. The molecule has 0 saturated heterocycles. The van der Waals surface area contributed by atoms with Gasteiger partial charge in [0.2, 0.25) is 0 Å². The number of anilines is 6. The Morgan fingerprint density at radius 2 is 0.733 bits per heavy atom. The maximum absolute atomic E-state index is 2.35. The standard InChI is InChI=1S/C58H44N2/c1-4-14-43(15-5-1)45-26-34-53(35-27-45)59(54-36-28-46(29-37-54)44-16-6-2-7-17-44)55-38-30-47(31-39-55)50-20-12-21-51(42-50)48-32-40-56(41-33-48)60(52-22-8-3-9-23-52)58-25-13-19-49-18-10-11-24-57(49)58/h1,3-6,8-42H,2,7H2. The van der Waals surface area contributed by atoms with Crippen molar-refractivity contribution in [1.29, 1.82) is 0 Å². The fraction of sp³-hybridized carbons (Fsp3) is 0.0345. The summed E-state index contributed by atoms with van der Waals surface area (Å²) in [7, 11) is 0. The van der Waals surface area contributed by atoms with Crippen molar-refractivity contribution >= 4 is 50.5 Å². The molecule has 9 aromatic rings. The van der Waals surface area contributed by atoms with Crippen LogP contribution in [0.4, 0.5) is 34.1 Å². The van der Waals surface area contributed by atoms with Gasteiger partial charge < -0.3 is 9.80 Å². The van der Waals surface area contributed by atoms with Gasteiger partial charge in [-0.3, -0.25) is 0 Å². The molecule has 286 valence electrons. The van der Waals surface area contributed by atoms with E-state index in [0.29, 0.717) is 0 Å². The van der Waals surface area contributed by atoms with Gasteiger partial charge in [-0.2, -0.15) is 0 Å². The monoisotopic (exact) mass is 768 g/mol. The molecule has 0 aliphatic heterocycles. The summed E-state index contributed by atoms with van der Waals surface area (Å²) in [5.74, 6) is 0. The summed E-state index contributed by atoms with van der Waals surface area (Å²) in [6, 6.07) is 81.0. The molecular weight excluding hydrogens is 725 g/mol. The zero-order valence-electron chi connectivity index (χ0n) is 33.4. The van der Waals surface area contributed by atoms with Gasteiger partial charge in [0.1, 0.15) is 0 Å². The van der Waals surface area contributed by atoms with Gasteiger partial charge in [-0.15, -0.1) is 0 Å². The summed E-state index contributed by atoms with van der Waals surface area (Å²) in [6.07, 6.45) is 9.06. The summed E-state index contributed by atoms with van der Waals surface area (Å²) < 4.78 is 0. The van der Waals surface area contributed by atoms with Crippen molar-refractivity contribution in [3.63, 3.8) is 0 Å². The molecule has 0 fully saturated rings. The van der Waals surface area contributed by atoms with Crippen LogP contribution in [0.2, 0.25) is 0 Å². The van der Waals surface area contributed by atoms with Gasteiger partial charge in [-0.25, -0.2) is 0 Å². The molecule has 60 heavy (non-hydrogen) atoms. The lowest BCUT2D eigenvalue weighted by Crippen LogP contribution is -2.10. The average molecular weight is 769 g/mol. The van der Waals surface area contributed by atoms with E-state index in [-0.39, 0.29) is 0 Å². The van der Waals surface area contributed by atoms with Crippen LogP contribution in [-0.4, -0.2) is 0 Å². The van der Waals surface area contributed by atoms with E-state index in [2.05, 4.69) is 252 Å². The van der Waals surface area contributed by atoms with E-state index >= 15 is 0 Å². The van der Waals surface area contributed by atoms with Crippen molar-refractivity contribution in [2.75, 3.05) is 9.80 Å². The minimum absolute atomic E-state index is 1.09. The summed E-state index contributed by atoms with van der Waals surface area (Å²) in [5.41, 5.74) is 16.4. The number of fused-ring (bicyclic) bond motifs is 1. The molecule has 0 radical (unpaired) electrons. The van der Waals surface area contributed by atoms with Crippen LogP contribution in [-0.2, 0) is 0 Å². The third-order valence-electron chi connectivity index (χ3n) is 11.5. The molecule has 2 nitrogen and oxygen atoms in total. The van der Waals surface area contributed by atoms with E-state index in [1.165, 1.54) is 55.3 Å². The molecule has 1 aliphatic rings. The van der Waals surface area contributed by atoms with Crippen LogP contribution in [0, 0.1) is 0 Å². The quantitative estimate of drug-likeness (QED) is 0.137. The van der Waals surface area contributed by atoms with Crippen molar-refractivity contribution in [2.45, 2.75) is 12.8 Å². The Morgan fingerprint density at radius 1 is 0.300 bits per heavy atom. The molecule has 0 atom stereocenters. The molecule has 2 heteroatoms. The summed E-state index contributed by atoms with van der Waals surface area (Å²) in [6.45, 7) is 0. The van der Waals surface area contributed by atoms with Crippen LogP contribution in [0.5, 0.6) is 0 Å². The van der Waals surface area contributed by atoms with E-state index < -0.39 is 0 Å². The third kappa shape index (κ3) is 7.55. The average Bonchev–Trinajstić information content (AvgIpc) is 3.34. The first-order chi connectivity index (χ1) is 29.7. The van der Waals surface area contributed by atoms with Gasteiger partial charge in [0.05, 0.1) is 5.69 Å². The summed E-state index contributed by atoms with van der Waals surface area (Å²) in [4.78, 5) is 4.70. The second-order valence-corrected chi connectivity index (χ2v) is 15.3. The highest BCUT2D eigenvalue weighted by atomic mass is 15.1. The molecule has 0 unspecified atom stereocenters. The van der Waals surface area contributed by atoms with Crippen molar-refractivity contribution in [2.24, 2.45) is 0 Å². The molecule has 0 amide bonds. The van der Waals surface area contributed by atoms with Crippen LogP contribution in [0.1, 0.15) is 18.4 Å². The Balaban J connectivity index is 0.949. The molecule has 0 N–H and O–H groups in total. The lowest BCUT2D eigenvalue weighted by atomic mass is 9.98. The van der Waals surface area contributed by atoms with Gasteiger partial charge in [0, 0.05) is 33.8 Å². The maximum atomic E-state index is 2.35. The lowest BCUT2D eigenvalue weighted by molar-refractivity contribution is 1.04. The first-order valence-electron chi connectivity index (χ1n) is 20.8. The summed E-state index contributed by atoms with van der Waals surface area (Å²) in [5, 5.41) is 2.45. The van der Waals surface area contributed by atoms with Crippen LogP contribution < -0.4 is 9.80 Å². The second-order valence-electron chi connectivity index (χ2n) is 15.3. The maximum Gasteiger partial charge on any atom is 0.0540 e. The van der Waals surface area contributed by atoms with Crippen LogP contribution in [0.3, 0.4) is 0 Å². The number of nitrogens with zero attached hydrogens (tertiary/aromatic N) is 2. The molecule has 9 aromatic carbocycles. The topological polar surface area (TPSA) is 6.48 Å². The second kappa shape index (κ2) is 16.7.